The van der Waals surface area contributed by atoms with Gasteiger partial charge in [0.25, 0.3) is 0 Å². The SMILES string of the molecule is CC(C)(C)c1cc(NC(=O)CN(Cc2ccco2)C(=O)C=Cc2ccccc2)n(-c2ccc(Cl)c(Cl)c2)n1. The van der Waals surface area contributed by atoms with Gasteiger partial charge in [0.05, 0.1) is 34.2 Å². The van der Waals surface area contributed by atoms with E-state index in [2.05, 4.69) is 5.32 Å². The second kappa shape index (κ2) is 11.7. The average molecular weight is 551 g/mol. The van der Waals surface area contributed by atoms with Gasteiger partial charge in [-0.15, -0.1) is 0 Å². The molecule has 0 aliphatic rings. The van der Waals surface area contributed by atoms with Crippen molar-refractivity contribution in [1.29, 1.82) is 0 Å². The number of carbonyl (C=O) groups is 2. The predicted octanol–water partition coefficient (Wildman–Crippen LogP) is 6.75. The van der Waals surface area contributed by atoms with Crippen LogP contribution >= 0.6 is 23.2 Å². The summed E-state index contributed by atoms with van der Waals surface area (Å²) in [5.74, 6) is 0.298. The molecule has 0 bridgehead atoms. The number of aromatic nitrogens is 2. The molecule has 0 spiro atoms. The van der Waals surface area contributed by atoms with Crippen LogP contribution in [-0.4, -0.2) is 33.0 Å². The molecule has 2 amide bonds. The summed E-state index contributed by atoms with van der Waals surface area (Å²) in [6.07, 6.45) is 4.69. The third kappa shape index (κ3) is 6.94. The van der Waals surface area contributed by atoms with Gasteiger partial charge in [-0.3, -0.25) is 9.59 Å². The maximum atomic E-state index is 13.2. The fourth-order valence-corrected chi connectivity index (χ4v) is 3.94. The Labute approximate surface area is 231 Å². The van der Waals surface area contributed by atoms with Gasteiger partial charge in [-0.05, 0) is 42.0 Å². The van der Waals surface area contributed by atoms with E-state index in [1.807, 2.05) is 57.2 Å². The molecule has 9 heteroatoms. The molecule has 1 N–H and O–H groups in total. The topological polar surface area (TPSA) is 80.4 Å². The van der Waals surface area contributed by atoms with Crippen molar-refractivity contribution in [2.45, 2.75) is 32.7 Å². The highest BCUT2D eigenvalue weighted by Crippen LogP contribution is 2.29. The first-order valence-corrected chi connectivity index (χ1v) is 12.8. The number of halogens is 2. The fraction of sp³-hybridized carbons (Fsp3) is 0.207. The van der Waals surface area contributed by atoms with Crippen LogP contribution < -0.4 is 5.32 Å². The van der Waals surface area contributed by atoms with Crippen LogP contribution in [-0.2, 0) is 21.5 Å². The monoisotopic (exact) mass is 550 g/mol. The van der Waals surface area contributed by atoms with Crippen molar-refractivity contribution in [2.75, 3.05) is 11.9 Å². The van der Waals surface area contributed by atoms with E-state index in [4.69, 9.17) is 32.7 Å². The van der Waals surface area contributed by atoms with Crippen molar-refractivity contribution in [1.82, 2.24) is 14.7 Å². The Balaban J connectivity index is 1.58. The number of anilines is 1. The minimum atomic E-state index is -0.389. The van der Waals surface area contributed by atoms with E-state index in [0.717, 1.165) is 11.3 Å². The maximum absolute atomic E-state index is 13.2. The van der Waals surface area contributed by atoms with Gasteiger partial charge >= 0.3 is 0 Å². The van der Waals surface area contributed by atoms with E-state index >= 15 is 0 Å². The van der Waals surface area contributed by atoms with Crippen LogP contribution in [0.1, 0.15) is 37.8 Å². The van der Waals surface area contributed by atoms with Gasteiger partial charge in [-0.1, -0.05) is 74.3 Å². The van der Waals surface area contributed by atoms with Crippen LogP contribution in [0.5, 0.6) is 0 Å². The summed E-state index contributed by atoms with van der Waals surface area (Å²) in [5, 5.41) is 8.40. The number of nitrogens with one attached hydrogen (secondary N) is 1. The molecule has 0 aliphatic carbocycles. The van der Waals surface area contributed by atoms with Crippen molar-refractivity contribution in [3.05, 3.63) is 106 Å². The molecular formula is C29H28Cl2N4O3. The number of furan rings is 1. The molecule has 2 aromatic heterocycles. The van der Waals surface area contributed by atoms with Gasteiger partial charge in [0.1, 0.15) is 18.1 Å². The first-order chi connectivity index (χ1) is 18.1. The van der Waals surface area contributed by atoms with Crippen molar-refractivity contribution in [3.8, 4) is 5.69 Å². The minimum absolute atomic E-state index is 0.137. The first-order valence-electron chi connectivity index (χ1n) is 12.0. The number of nitrogens with zero attached hydrogens (tertiary/aromatic N) is 3. The second-order valence-electron chi connectivity index (χ2n) is 9.74. The summed E-state index contributed by atoms with van der Waals surface area (Å²) in [4.78, 5) is 27.8. The summed E-state index contributed by atoms with van der Waals surface area (Å²) >= 11 is 12.3. The van der Waals surface area contributed by atoms with E-state index in [-0.39, 0.29) is 30.3 Å². The molecular weight excluding hydrogens is 523 g/mol. The smallest absolute Gasteiger partial charge is 0.247 e. The van der Waals surface area contributed by atoms with Gasteiger partial charge < -0.3 is 14.6 Å². The molecule has 0 aliphatic heterocycles. The third-order valence-electron chi connectivity index (χ3n) is 5.68. The van der Waals surface area contributed by atoms with E-state index in [0.29, 0.717) is 27.3 Å². The zero-order valence-corrected chi connectivity index (χ0v) is 22.8. The quantitative estimate of drug-likeness (QED) is 0.246. The molecule has 0 atom stereocenters. The number of carbonyl (C=O) groups excluding carboxylic acids is 2. The van der Waals surface area contributed by atoms with Gasteiger partial charge in [-0.25, -0.2) is 4.68 Å². The Kier molecular flexibility index (Phi) is 8.39. The standard InChI is InChI=1S/C29H28Cl2N4O3/c1-29(2,3)25-17-26(35(33-25)21-12-13-23(30)24(31)16-21)32-27(36)19-34(18-22-10-7-15-38-22)28(37)14-11-20-8-5-4-6-9-20/h4-17H,18-19H2,1-3H3,(H,32,36). The van der Waals surface area contributed by atoms with Crippen molar-refractivity contribution in [2.24, 2.45) is 0 Å². The highest BCUT2D eigenvalue weighted by Gasteiger charge is 2.23. The molecule has 38 heavy (non-hydrogen) atoms. The number of benzene rings is 2. The van der Waals surface area contributed by atoms with E-state index < -0.39 is 0 Å². The predicted molar refractivity (Wildman–Crippen MR) is 151 cm³/mol. The van der Waals surface area contributed by atoms with Gasteiger partial charge in [-0.2, -0.15) is 5.10 Å². The van der Waals surface area contributed by atoms with E-state index in [1.54, 1.807) is 41.1 Å². The van der Waals surface area contributed by atoms with Crippen LogP contribution in [0.4, 0.5) is 5.82 Å². The Bertz CT molecular complexity index is 1440. The highest BCUT2D eigenvalue weighted by molar-refractivity contribution is 6.42. The lowest BCUT2D eigenvalue weighted by Crippen LogP contribution is -2.36. The lowest BCUT2D eigenvalue weighted by Gasteiger charge is -2.20. The Morgan fingerprint density at radius 1 is 1.03 bits per heavy atom. The lowest BCUT2D eigenvalue weighted by atomic mass is 9.92. The largest absolute Gasteiger partial charge is 0.467 e. The Morgan fingerprint density at radius 3 is 2.45 bits per heavy atom. The number of amides is 2. The normalized spacial score (nSPS) is 11.6. The molecule has 2 aromatic carbocycles. The molecule has 196 valence electrons. The molecule has 0 fully saturated rings. The molecule has 7 nitrogen and oxygen atoms in total. The van der Waals surface area contributed by atoms with Gasteiger partial charge in [0.2, 0.25) is 11.8 Å². The summed E-state index contributed by atoms with van der Waals surface area (Å²) in [6, 6.07) is 19.9. The summed E-state index contributed by atoms with van der Waals surface area (Å²) < 4.78 is 7.03. The molecule has 0 radical (unpaired) electrons. The Morgan fingerprint density at radius 2 is 1.79 bits per heavy atom. The highest BCUT2D eigenvalue weighted by atomic mass is 35.5. The molecule has 0 saturated heterocycles. The Hall–Kier alpha value is -3.81. The average Bonchev–Trinajstić information content (AvgIpc) is 3.54. The molecule has 2 heterocycles. The first kappa shape index (κ1) is 27.2. The maximum Gasteiger partial charge on any atom is 0.247 e. The van der Waals surface area contributed by atoms with Gasteiger partial charge in [0, 0.05) is 17.6 Å². The van der Waals surface area contributed by atoms with Crippen molar-refractivity contribution >= 4 is 46.9 Å². The van der Waals surface area contributed by atoms with Crippen LogP contribution in [0.15, 0.2) is 83.5 Å². The zero-order chi connectivity index (χ0) is 27.3. The van der Waals surface area contributed by atoms with Gasteiger partial charge in [0.15, 0.2) is 0 Å². The van der Waals surface area contributed by atoms with E-state index in [1.165, 1.54) is 17.2 Å². The molecule has 4 rings (SSSR count). The summed E-state index contributed by atoms with van der Waals surface area (Å²) in [5.41, 5.74) is 2.01. The molecule has 0 saturated carbocycles. The summed E-state index contributed by atoms with van der Waals surface area (Å²) in [7, 11) is 0. The fourth-order valence-electron chi connectivity index (χ4n) is 3.65. The number of hydrogen-bond donors (Lipinski definition) is 1. The number of rotatable bonds is 8. The number of hydrogen-bond acceptors (Lipinski definition) is 4. The van der Waals surface area contributed by atoms with Crippen LogP contribution in [0, 0.1) is 0 Å². The van der Waals surface area contributed by atoms with Crippen molar-refractivity contribution in [3.63, 3.8) is 0 Å². The summed E-state index contributed by atoms with van der Waals surface area (Å²) in [6.45, 7) is 6.03. The van der Waals surface area contributed by atoms with Crippen molar-refractivity contribution < 1.29 is 14.0 Å². The molecule has 0 unspecified atom stereocenters. The molecule has 4 aromatic rings. The van der Waals surface area contributed by atoms with Crippen LogP contribution in [0.25, 0.3) is 11.8 Å². The third-order valence-corrected chi connectivity index (χ3v) is 6.42. The van der Waals surface area contributed by atoms with Crippen LogP contribution in [0.3, 0.4) is 0 Å². The zero-order valence-electron chi connectivity index (χ0n) is 21.3. The second-order valence-corrected chi connectivity index (χ2v) is 10.6. The lowest BCUT2D eigenvalue weighted by molar-refractivity contribution is -0.131. The van der Waals surface area contributed by atoms with E-state index in [9.17, 15) is 9.59 Å². The van der Waals surface area contributed by atoms with Crippen LogP contribution in [0.2, 0.25) is 10.0 Å². The minimum Gasteiger partial charge on any atom is -0.467 e.